The molecule has 19 heavy (non-hydrogen) atoms. The highest BCUT2D eigenvalue weighted by atomic mass is 32.2. The van der Waals surface area contributed by atoms with E-state index in [0.717, 1.165) is 12.8 Å². The van der Waals surface area contributed by atoms with Crippen molar-refractivity contribution in [3.8, 4) is 0 Å². The Balaban J connectivity index is 2.21. The molecule has 2 saturated heterocycles. The van der Waals surface area contributed by atoms with Crippen molar-refractivity contribution in [2.24, 2.45) is 0 Å². The van der Waals surface area contributed by atoms with Gasteiger partial charge in [0, 0.05) is 24.7 Å². The first kappa shape index (κ1) is 15.1. The molecular formula is C11H19F3N2O2S. The summed E-state index contributed by atoms with van der Waals surface area (Å²) in [7, 11) is -5.21. The molecule has 2 unspecified atom stereocenters. The predicted molar refractivity (Wildman–Crippen MR) is 64.9 cm³/mol. The lowest BCUT2D eigenvalue weighted by molar-refractivity contribution is -0.0507. The van der Waals surface area contributed by atoms with Crippen LogP contribution in [0.4, 0.5) is 13.2 Å². The first-order valence-corrected chi connectivity index (χ1v) is 8.04. The Hall–Kier alpha value is -0.340. The Bertz CT molecular complexity index is 412. The van der Waals surface area contributed by atoms with Crippen LogP contribution in [0, 0.1) is 0 Å². The summed E-state index contributed by atoms with van der Waals surface area (Å²) < 4.78 is 62.2. The van der Waals surface area contributed by atoms with Gasteiger partial charge in [0.25, 0.3) is 0 Å². The van der Waals surface area contributed by atoms with Crippen LogP contribution in [0.3, 0.4) is 0 Å². The van der Waals surface area contributed by atoms with Crippen molar-refractivity contribution in [2.45, 2.75) is 62.7 Å². The normalized spacial score (nSPS) is 31.9. The van der Waals surface area contributed by atoms with Gasteiger partial charge in [0.2, 0.25) is 0 Å². The molecule has 2 rings (SSSR count). The smallest absolute Gasteiger partial charge is 0.311 e. The van der Waals surface area contributed by atoms with Gasteiger partial charge < -0.3 is 5.32 Å². The maximum Gasteiger partial charge on any atom is 0.511 e. The van der Waals surface area contributed by atoms with Crippen molar-refractivity contribution >= 4 is 10.0 Å². The average molecular weight is 300 g/mol. The van der Waals surface area contributed by atoms with Gasteiger partial charge >= 0.3 is 15.5 Å². The maximum absolute atomic E-state index is 12.7. The molecule has 0 saturated carbocycles. The molecule has 0 aromatic carbocycles. The van der Waals surface area contributed by atoms with Gasteiger partial charge in [-0.2, -0.15) is 17.5 Å². The summed E-state index contributed by atoms with van der Waals surface area (Å²) in [4.78, 5) is 0. The summed E-state index contributed by atoms with van der Waals surface area (Å²) in [5, 5.41) is 3.30. The van der Waals surface area contributed by atoms with Crippen LogP contribution in [0.15, 0.2) is 0 Å². The second-order valence-electron chi connectivity index (χ2n) is 5.32. The van der Waals surface area contributed by atoms with Crippen LogP contribution in [0.1, 0.15) is 39.0 Å². The van der Waals surface area contributed by atoms with Crippen molar-refractivity contribution in [3.63, 3.8) is 0 Å². The molecule has 112 valence electrons. The predicted octanol–water partition coefficient (Wildman–Crippen LogP) is 1.83. The molecule has 2 aliphatic rings. The van der Waals surface area contributed by atoms with E-state index in [1.54, 1.807) is 6.92 Å². The van der Waals surface area contributed by atoms with E-state index in [9.17, 15) is 21.6 Å². The minimum atomic E-state index is -5.21. The summed E-state index contributed by atoms with van der Waals surface area (Å²) in [6.07, 6.45) is 3.19. The number of fused-ring (bicyclic) bond motifs is 2. The van der Waals surface area contributed by atoms with E-state index in [0.29, 0.717) is 23.6 Å². The van der Waals surface area contributed by atoms with Crippen molar-refractivity contribution < 1.29 is 21.6 Å². The lowest BCUT2D eigenvalue weighted by atomic mass is 10.00. The molecule has 0 aromatic rings. The highest BCUT2D eigenvalue weighted by Crippen LogP contribution is 2.35. The van der Waals surface area contributed by atoms with Gasteiger partial charge in [0.15, 0.2) is 0 Å². The number of nitrogens with one attached hydrogen (secondary N) is 1. The standard InChI is InChI=1S/C11H19F3N2O2S/c1-2-5-16(19(17,18)11(12,13)14)10-6-8-3-4-9(7-10)15-8/h8-10,15H,2-7H2,1H3. The van der Waals surface area contributed by atoms with Crippen molar-refractivity contribution in [1.82, 2.24) is 9.62 Å². The summed E-state index contributed by atoms with van der Waals surface area (Å²) in [5.41, 5.74) is -5.20. The van der Waals surface area contributed by atoms with Gasteiger partial charge in [-0.05, 0) is 32.1 Å². The van der Waals surface area contributed by atoms with Crippen LogP contribution >= 0.6 is 0 Å². The second-order valence-corrected chi connectivity index (χ2v) is 7.21. The lowest BCUT2D eigenvalue weighted by Gasteiger charge is -2.37. The van der Waals surface area contributed by atoms with Gasteiger partial charge in [-0.3, -0.25) is 0 Å². The minimum Gasteiger partial charge on any atom is -0.311 e. The number of halogens is 3. The molecule has 8 heteroatoms. The Morgan fingerprint density at radius 2 is 1.74 bits per heavy atom. The molecule has 0 spiro atoms. The summed E-state index contributed by atoms with van der Waals surface area (Å²) in [6, 6.07) is -0.205. The Kier molecular flexibility index (Phi) is 4.13. The number of hydrogen-bond donors (Lipinski definition) is 1. The summed E-state index contributed by atoms with van der Waals surface area (Å²) in [5.74, 6) is 0. The van der Waals surface area contributed by atoms with Crippen LogP contribution in [0.25, 0.3) is 0 Å². The third-order valence-electron chi connectivity index (χ3n) is 3.90. The van der Waals surface area contributed by atoms with Gasteiger partial charge in [-0.15, -0.1) is 0 Å². The third kappa shape index (κ3) is 2.90. The zero-order valence-corrected chi connectivity index (χ0v) is 11.6. The van der Waals surface area contributed by atoms with Crippen LogP contribution in [-0.4, -0.2) is 42.9 Å². The molecule has 0 aromatic heterocycles. The number of piperidine rings is 1. The molecular weight excluding hydrogens is 281 g/mol. The molecule has 0 radical (unpaired) electrons. The number of rotatable bonds is 4. The summed E-state index contributed by atoms with van der Waals surface area (Å²) in [6.45, 7) is 1.63. The molecule has 2 atom stereocenters. The van der Waals surface area contributed by atoms with E-state index in [1.807, 2.05) is 0 Å². The first-order valence-electron chi connectivity index (χ1n) is 6.60. The topological polar surface area (TPSA) is 49.4 Å². The zero-order chi connectivity index (χ0) is 14.3. The van der Waals surface area contributed by atoms with Gasteiger partial charge in [0.1, 0.15) is 0 Å². The monoisotopic (exact) mass is 300 g/mol. The van der Waals surface area contributed by atoms with E-state index in [-0.39, 0.29) is 18.6 Å². The average Bonchev–Trinajstić information content (AvgIpc) is 2.63. The van der Waals surface area contributed by atoms with Gasteiger partial charge in [-0.25, -0.2) is 8.42 Å². The largest absolute Gasteiger partial charge is 0.511 e. The number of sulfonamides is 1. The molecule has 2 heterocycles. The van der Waals surface area contributed by atoms with Crippen LogP contribution in [0.2, 0.25) is 0 Å². The third-order valence-corrected chi connectivity index (χ3v) is 5.58. The molecule has 2 aliphatic heterocycles. The Labute approximate surface area is 111 Å². The fraction of sp³-hybridized carbons (Fsp3) is 1.00. The highest BCUT2D eigenvalue weighted by molar-refractivity contribution is 7.90. The SMILES string of the molecule is CCCN(C1CC2CCC(C1)N2)S(=O)(=O)C(F)(F)F. The van der Waals surface area contributed by atoms with Crippen molar-refractivity contribution in [2.75, 3.05) is 6.54 Å². The highest BCUT2D eigenvalue weighted by Gasteiger charge is 2.52. The van der Waals surface area contributed by atoms with Crippen LogP contribution < -0.4 is 5.32 Å². The fourth-order valence-corrected chi connectivity index (χ4v) is 4.37. The quantitative estimate of drug-likeness (QED) is 0.862. The Morgan fingerprint density at radius 3 is 2.16 bits per heavy atom. The van der Waals surface area contributed by atoms with Gasteiger partial charge in [0.05, 0.1) is 0 Å². The lowest BCUT2D eigenvalue weighted by Crippen LogP contribution is -2.53. The van der Waals surface area contributed by atoms with Crippen molar-refractivity contribution in [3.05, 3.63) is 0 Å². The van der Waals surface area contributed by atoms with Crippen LogP contribution in [0.5, 0.6) is 0 Å². The van der Waals surface area contributed by atoms with E-state index < -0.39 is 21.6 Å². The van der Waals surface area contributed by atoms with Crippen molar-refractivity contribution in [1.29, 1.82) is 0 Å². The number of hydrogen-bond acceptors (Lipinski definition) is 3. The fourth-order valence-electron chi connectivity index (χ4n) is 3.11. The molecule has 4 nitrogen and oxygen atoms in total. The maximum atomic E-state index is 12.7. The van der Waals surface area contributed by atoms with E-state index >= 15 is 0 Å². The minimum absolute atomic E-state index is 0.0635. The number of nitrogens with zero attached hydrogens (tertiary/aromatic N) is 1. The number of alkyl halides is 3. The van der Waals surface area contributed by atoms with E-state index in [4.69, 9.17) is 0 Å². The molecule has 2 fully saturated rings. The second kappa shape index (κ2) is 5.21. The van der Waals surface area contributed by atoms with Crippen LogP contribution in [-0.2, 0) is 10.0 Å². The Morgan fingerprint density at radius 1 is 1.21 bits per heavy atom. The van der Waals surface area contributed by atoms with E-state index in [2.05, 4.69) is 5.32 Å². The first-order chi connectivity index (χ1) is 8.75. The van der Waals surface area contributed by atoms with Gasteiger partial charge in [-0.1, -0.05) is 6.92 Å². The van der Waals surface area contributed by atoms with E-state index in [1.165, 1.54) is 0 Å². The molecule has 0 amide bonds. The molecule has 2 bridgehead atoms. The zero-order valence-electron chi connectivity index (χ0n) is 10.8. The molecule has 0 aliphatic carbocycles. The summed E-state index contributed by atoms with van der Waals surface area (Å²) >= 11 is 0. The molecule has 1 N–H and O–H groups in total.